The van der Waals surface area contributed by atoms with E-state index in [4.69, 9.17) is 0 Å². The first-order valence-electron chi connectivity index (χ1n) is 8.09. The maximum absolute atomic E-state index is 12.8. The van der Waals surface area contributed by atoms with Crippen LogP contribution in [0.25, 0.3) is 6.08 Å². The van der Waals surface area contributed by atoms with Gasteiger partial charge in [-0.1, -0.05) is 12.1 Å². The van der Waals surface area contributed by atoms with E-state index in [1.807, 2.05) is 19.1 Å². The number of aromatic nitrogens is 1. The molecule has 0 atom stereocenters. The van der Waals surface area contributed by atoms with Crippen LogP contribution in [0.2, 0.25) is 0 Å². The van der Waals surface area contributed by atoms with E-state index in [0.29, 0.717) is 5.69 Å². The highest BCUT2D eigenvalue weighted by Gasteiger charge is 2.14. The number of nitrogens with zero attached hydrogens (tertiary/aromatic N) is 2. The number of pyridine rings is 1. The molecule has 1 aliphatic heterocycles. The first-order valence-corrected chi connectivity index (χ1v) is 8.09. The SMILES string of the molecule is Cc1nc(N2CCCC2)ccc1NC(=O)/C=C/c1ccc(F)cc1. The van der Waals surface area contributed by atoms with Gasteiger partial charge in [0.2, 0.25) is 5.91 Å². The zero-order valence-corrected chi connectivity index (χ0v) is 13.6. The molecule has 0 spiro atoms. The van der Waals surface area contributed by atoms with Crippen LogP contribution in [-0.2, 0) is 4.79 Å². The Morgan fingerprint density at radius 1 is 1.17 bits per heavy atom. The minimum Gasteiger partial charge on any atom is -0.357 e. The predicted octanol–water partition coefficient (Wildman–Crippen LogP) is 3.78. The second kappa shape index (κ2) is 7.25. The van der Waals surface area contributed by atoms with Crippen LogP contribution >= 0.6 is 0 Å². The van der Waals surface area contributed by atoms with Crippen molar-refractivity contribution in [3.63, 3.8) is 0 Å². The molecule has 1 aromatic heterocycles. The minimum absolute atomic E-state index is 0.238. The number of carbonyl (C=O) groups excluding carboxylic acids is 1. The van der Waals surface area contributed by atoms with Gasteiger partial charge in [-0.25, -0.2) is 9.37 Å². The van der Waals surface area contributed by atoms with Crippen LogP contribution in [0.3, 0.4) is 0 Å². The molecule has 1 N–H and O–H groups in total. The van der Waals surface area contributed by atoms with Gasteiger partial charge in [0.05, 0.1) is 11.4 Å². The topological polar surface area (TPSA) is 45.2 Å². The molecule has 0 saturated carbocycles. The monoisotopic (exact) mass is 325 g/mol. The Bertz CT molecular complexity index is 750. The number of rotatable bonds is 4. The third kappa shape index (κ3) is 3.98. The number of carbonyl (C=O) groups is 1. The first kappa shape index (κ1) is 16.2. The summed E-state index contributed by atoms with van der Waals surface area (Å²) in [7, 11) is 0. The van der Waals surface area contributed by atoms with Crippen molar-refractivity contribution in [2.45, 2.75) is 19.8 Å². The van der Waals surface area contributed by atoms with Gasteiger partial charge in [0, 0.05) is 19.2 Å². The van der Waals surface area contributed by atoms with E-state index in [-0.39, 0.29) is 11.7 Å². The summed E-state index contributed by atoms with van der Waals surface area (Å²) in [5.41, 5.74) is 2.26. The van der Waals surface area contributed by atoms with E-state index in [1.54, 1.807) is 18.2 Å². The van der Waals surface area contributed by atoms with Crippen LogP contribution in [-0.4, -0.2) is 24.0 Å². The van der Waals surface area contributed by atoms with Crippen molar-refractivity contribution < 1.29 is 9.18 Å². The fourth-order valence-corrected chi connectivity index (χ4v) is 2.72. The number of amides is 1. The van der Waals surface area contributed by atoms with E-state index >= 15 is 0 Å². The zero-order chi connectivity index (χ0) is 16.9. The van der Waals surface area contributed by atoms with Gasteiger partial charge in [-0.15, -0.1) is 0 Å². The van der Waals surface area contributed by atoms with Crippen LogP contribution < -0.4 is 10.2 Å². The molecule has 2 heterocycles. The molecule has 1 aliphatic rings. The van der Waals surface area contributed by atoms with E-state index in [1.165, 1.54) is 31.1 Å². The number of aryl methyl sites for hydroxylation is 1. The van der Waals surface area contributed by atoms with E-state index in [9.17, 15) is 9.18 Å². The van der Waals surface area contributed by atoms with Crippen molar-refractivity contribution in [2.75, 3.05) is 23.3 Å². The minimum atomic E-state index is -0.295. The van der Waals surface area contributed by atoms with Crippen LogP contribution in [0.1, 0.15) is 24.1 Å². The van der Waals surface area contributed by atoms with Crippen molar-refractivity contribution in [3.05, 3.63) is 59.5 Å². The number of hydrogen-bond acceptors (Lipinski definition) is 3. The van der Waals surface area contributed by atoms with Gasteiger partial charge >= 0.3 is 0 Å². The maximum atomic E-state index is 12.8. The Balaban J connectivity index is 1.64. The van der Waals surface area contributed by atoms with Crippen molar-refractivity contribution in [1.29, 1.82) is 0 Å². The van der Waals surface area contributed by atoms with E-state index in [2.05, 4.69) is 15.2 Å². The highest BCUT2D eigenvalue weighted by molar-refractivity contribution is 6.02. The largest absolute Gasteiger partial charge is 0.357 e. The van der Waals surface area contributed by atoms with Gasteiger partial charge in [-0.05, 0) is 55.7 Å². The molecule has 2 aromatic rings. The number of benzene rings is 1. The Kier molecular flexibility index (Phi) is 4.89. The normalized spacial score (nSPS) is 14.3. The number of hydrogen-bond donors (Lipinski definition) is 1. The maximum Gasteiger partial charge on any atom is 0.248 e. The molecule has 0 radical (unpaired) electrons. The van der Waals surface area contributed by atoms with E-state index < -0.39 is 0 Å². The highest BCUT2D eigenvalue weighted by atomic mass is 19.1. The summed E-state index contributed by atoms with van der Waals surface area (Å²) < 4.78 is 12.8. The highest BCUT2D eigenvalue weighted by Crippen LogP contribution is 2.22. The van der Waals surface area contributed by atoms with Gasteiger partial charge in [0.15, 0.2) is 0 Å². The molecule has 1 fully saturated rings. The van der Waals surface area contributed by atoms with Crippen LogP contribution in [0, 0.1) is 12.7 Å². The Labute approximate surface area is 141 Å². The number of nitrogens with one attached hydrogen (secondary N) is 1. The summed E-state index contributed by atoms with van der Waals surface area (Å²) in [4.78, 5) is 18.9. The molecule has 0 unspecified atom stereocenters. The summed E-state index contributed by atoms with van der Waals surface area (Å²) in [6, 6.07) is 9.80. The number of anilines is 2. The lowest BCUT2D eigenvalue weighted by Crippen LogP contribution is -2.19. The van der Waals surface area contributed by atoms with Gasteiger partial charge in [0.25, 0.3) is 0 Å². The van der Waals surface area contributed by atoms with Crippen molar-refractivity contribution in [1.82, 2.24) is 4.98 Å². The lowest BCUT2D eigenvalue weighted by molar-refractivity contribution is -0.111. The van der Waals surface area contributed by atoms with Gasteiger partial charge in [0.1, 0.15) is 11.6 Å². The van der Waals surface area contributed by atoms with Crippen LogP contribution in [0.5, 0.6) is 0 Å². The molecule has 0 aliphatic carbocycles. The van der Waals surface area contributed by atoms with Gasteiger partial charge < -0.3 is 10.2 Å². The fraction of sp³-hybridized carbons (Fsp3) is 0.263. The molecule has 1 aromatic carbocycles. The predicted molar refractivity (Wildman–Crippen MR) is 94.5 cm³/mol. The molecular weight excluding hydrogens is 305 g/mol. The third-order valence-electron chi connectivity index (χ3n) is 4.06. The molecule has 3 rings (SSSR count). The lowest BCUT2D eigenvalue weighted by atomic mass is 10.2. The second-order valence-corrected chi connectivity index (χ2v) is 5.87. The molecule has 0 bridgehead atoms. The quantitative estimate of drug-likeness (QED) is 0.870. The van der Waals surface area contributed by atoms with Crippen molar-refractivity contribution in [3.8, 4) is 0 Å². The summed E-state index contributed by atoms with van der Waals surface area (Å²) >= 11 is 0. The summed E-state index contributed by atoms with van der Waals surface area (Å²) in [6.07, 6.45) is 5.48. The molecule has 4 nitrogen and oxygen atoms in total. The smallest absolute Gasteiger partial charge is 0.248 e. The molecule has 124 valence electrons. The Hall–Kier alpha value is -2.69. The number of halogens is 1. The van der Waals surface area contributed by atoms with E-state index in [0.717, 1.165) is 30.2 Å². The van der Waals surface area contributed by atoms with Crippen molar-refractivity contribution in [2.24, 2.45) is 0 Å². The summed E-state index contributed by atoms with van der Waals surface area (Å²) in [6.45, 7) is 3.97. The molecule has 1 saturated heterocycles. The van der Waals surface area contributed by atoms with Gasteiger partial charge in [-0.2, -0.15) is 0 Å². The average Bonchev–Trinajstić information content (AvgIpc) is 3.11. The molecular formula is C19H20FN3O. The second-order valence-electron chi connectivity index (χ2n) is 5.87. The molecule has 1 amide bonds. The fourth-order valence-electron chi connectivity index (χ4n) is 2.72. The van der Waals surface area contributed by atoms with Gasteiger partial charge in [-0.3, -0.25) is 4.79 Å². The average molecular weight is 325 g/mol. The van der Waals surface area contributed by atoms with Crippen molar-refractivity contribution >= 4 is 23.5 Å². The lowest BCUT2D eigenvalue weighted by Gasteiger charge is -2.17. The third-order valence-corrected chi connectivity index (χ3v) is 4.06. The molecule has 24 heavy (non-hydrogen) atoms. The zero-order valence-electron chi connectivity index (χ0n) is 13.6. The summed E-state index contributed by atoms with van der Waals surface area (Å²) in [5, 5.41) is 2.83. The Morgan fingerprint density at radius 3 is 2.54 bits per heavy atom. The first-order chi connectivity index (χ1) is 11.6. The standard InChI is InChI=1S/C19H20FN3O/c1-14-17(9-10-18(21-14)23-12-2-3-13-23)22-19(24)11-6-15-4-7-16(20)8-5-15/h4-11H,2-3,12-13H2,1H3,(H,22,24)/b11-6+. The Morgan fingerprint density at radius 2 is 1.88 bits per heavy atom. The van der Waals surface area contributed by atoms with Crippen LogP contribution in [0.4, 0.5) is 15.9 Å². The van der Waals surface area contributed by atoms with Crippen LogP contribution in [0.15, 0.2) is 42.5 Å². The summed E-state index contributed by atoms with van der Waals surface area (Å²) in [5.74, 6) is 0.430. The molecule has 5 heteroatoms.